The summed E-state index contributed by atoms with van der Waals surface area (Å²) in [5.41, 5.74) is 0.564. The van der Waals surface area contributed by atoms with Crippen molar-refractivity contribution in [3.63, 3.8) is 0 Å². The highest BCUT2D eigenvalue weighted by Gasteiger charge is 2.16. The molecule has 0 saturated carbocycles. The Labute approximate surface area is 93.2 Å². The summed E-state index contributed by atoms with van der Waals surface area (Å²) in [7, 11) is 2.73. The molecule has 0 amide bonds. The van der Waals surface area contributed by atoms with Gasteiger partial charge in [0.15, 0.2) is 0 Å². The van der Waals surface area contributed by atoms with Crippen molar-refractivity contribution in [1.82, 2.24) is 0 Å². The maximum absolute atomic E-state index is 10.9. The summed E-state index contributed by atoms with van der Waals surface area (Å²) in [6.45, 7) is 0. The lowest BCUT2D eigenvalue weighted by Gasteiger charge is -2.10. The minimum absolute atomic E-state index is 0.564. The van der Waals surface area contributed by atoms with E-state index < -0.39 is 12.3 Å². The minimum Gasteiger partial charge on any atom is -0.497 e. The molecule has 0 unspecified atom stereocenters. The molecule has 0 spiro atoms. The molecule has 84 valence electrons. The van der Waals surface area contributed by atoms with Crippen LogP contribution in [0.3, 0.4) is 0 Å². The summed E-state index contributed by atoms with van der Waals surface area (Å²) in [6.07, 6.45) is -1.86. The van der Waals surface area contributed by atoms with Gasteiger partial charge in [-0.1, -0.05) is 12.1 Å². The number of nitrogens with zero attached hydrogens (tertiary/aromatic N) is 1. The summed E-state index contributed by atoms with van der Waals surface area (Å²) < 4.78 is 14.0. The number of hydrogen-bond acceptors (Lipinski definition) is 5. The molecule has 5 nitrogen and oxygen atoms in total. The van der Waals surface area contributed by atoms with Crippen LogP contribution in [0.5, 0.6) is 5.75 Å². The molecule has 16 heavy (non-hydrogen) atoms. The molecular formula is C11H11NO4. The van der Waals surface area contributed by atoms with Gasteiger partial charge in [-0.05, 0) is 12.1 Å². The summed E-state index contributed by atoms with van der Waals surface area (Å²) >= 11 is 0. The minimum atomic E-state index is -0.974. The van der Waals surface area contributed by atoms with E-state index in [1.165, 1.54) is 7.11 Å². The predicted octanol–water partition coefficient (Wildman–Crippen LogP) is 2.04. The van der Waals surface area contributed by atoms with Crippen LogP contribution >= 0.6 is 0 Å². The second-order valence-corrected chi connectivity index (χ2v) is 2.85. The fraction of sp³-hybridized carbons (Fsp3) is 0.273. The second kappa shape index (κ2) is 5.61. The molecule has 1 aromatic rings. The standard InChI is InChI=1S/C11H11NO4/c1-14-9-5-3-8(4-6-9)10(7-12)16-11(13)15-2/h3-6,10H,1-2H3/t10-/m0/s1. The van der Waals surface area contributed by atoms with Gasteiger partial charge in [-0.15, -0.1) is 0 Å². The van der Waals surface area contributed by atoms with Crippen LogP contribution in [-0.2, 0) is 9.47 Å². The predicted molar refractivity (Wildman–Crippen MR) is 54.8 cm³/mol. The van der Waals surface area contributed by atoms with Crippen molar-refractivity contribution in [2.75, 3.05) is 14.2 Å². The van der Waals surface area contributed by atoms with Crippen LogP contribution in [0.25, 0.3) is 0 Å². The van der Waals surface area contributed by atoms with Crippen molar-refractivity contribution in [3.8, 4) is 11.8 Å². The van der Waals surface area contributed by atoms with Crippen molar-refractivity contribution in [2.24, 2.45) is 0 Å². The van der Waals surface area contributed by atoms with Gasteiger partial charge in [-0.25, -0.2) is 4.79 Å². The third-order valence-corrected chi connectivity index (χ3v) is 1.92. The van der Waals surface area contributed by atoms with Crippen LogP contribution in [0.15, 0.2) is 24.3 Å². The Morgan fingerprint density at radius 2 is 1.94 bits per heavy atom. The molecule has 0 saturated heterocycles. The molecule has 0 bridgehead atoms. The average Bonchev–Trinajstić information content (AvgIpc) is 2.35. The molecule has 0 fully saturated rings. The summed E-state index contributed by atoms with van der Waals surface area (Å²) in [6, 6.07) is 8.52. The molecule has 0 heterocycles. The van der Waals surface area contributed by atoms with Gasteiger partial charge < -0.3 is 14.2 Å². The van der Waals surface area contributed by atoms with E-state index in [-0.39, 0.29) is 0 Å². The van der Waals surface area contributed by atoms with Crippen LogP contribution in [0.2, 0.25) is 0 Å². The number of carbonyl (C=O) groups excluding carboxylic acids is 1. The first-order chi connectivity index (χ1) is 7.71. The highest BCUT2D eigenvalue weighted by Crippen LogP contribution is 2.20. The molecule has 0 aromatic heterocycles. The van der Waals surface area contributed by atoms with Crippen molar-refractivity contribution in [3.05, 3.63) is 29.8 Å². The van der Waals surface area contributed by atoms with E-state index in [4.69, 9.17) is 14.7 Å². The molecule has 1 atom stereocenters. The van der Waals surface area contributed by atoms with Gasteiger partial charge in [0.05, 0.1) is 14.2 Å². The highest BCUT2D eigenvalue weighted by molar-refractivity contribution is 5.60. The van der Waals surface area contributed by atoms with E-state index in [0.717, 1.165) is 0 Å². The van der Waals surface area contributed by atoms with Crippen molar-refractivity contribution >= 4 is 6.16 Å². The first-order valence-corrected chi connectivity index (χ1v) is 4.49. The Kier molecular flexibility index (Phi) is 4.16. The van der Waals surface area contributed by atoms with Gasteiger partial charge in [0.2, 0.25) is 6.10 Å². The Morgan fingerprint density at radius 1 is 1.31 bits per heavy atom. The number of hydrogen-bond donors (Lipinski definition) is 0. The zero-order chi connectivity index (χ0) is 12.0. The van der Waals surface area contributed by atoms with Gasteiger partial charge >= 0.3 is 6.16 Å². The zero-order valence-corrected chi connectivity index (χ0v) is 8.97. The monoisotopic (exact) mass is 221 g/mol. The quantitative estimate of drug-likeness (QED) is 0.730. The van der Waals surface area contributed by atoms with Crippen LogP contribution in [0, 0.1) is 11.3 Å². The fourth-order valence-electron chi connectivity index (χ4n) is 1.09. The maximum atomic E-state index is 10.9. The Balaban J connectivity index is 2.79. The Morgan fingerprint density at radius 3 is 2.38 bits per heavy atom. The third kappa shape index (κ3) is 2.89. The zero-order valence-electron chi connectivity index (χ0n) is 8.97. The summed E-state index contributed by atoms with van der Waals surface area (Å²) in [5.74, 6) is 0.665. The van der Waals surface area contributed by atoms with Crippen molar-refractivity contribution in [1.29, 1.82) is 5.26 Å². The number of methoxy groups -OCH3 is 2. The average molecular weight is 221 g/mol. The second-order valence-electron chi connectivity index (χ2n) is 2.85. The van der Waals surface area contributed by atoms with E-state index in [2.05, 4.69) is 4.74 Å². The molecule has 5 heteroatoms. The lowest BCUT2D eigenvalue weighted by atomic mass is 10.1. The van der Waals surface area contributed by atoms with E-state index in [0.29, 0.717) is 11.3 Å². The normalized spacial score (nSPS) is 11.1. The fourth-order valence-corrected chi connectivity index (χ4v) is 1.09. The van der Waals surface area contributed by atoms with Crippen molar-refractivity contribution in [2.45, 2.75) is 6.10 Å². The number of rotatable bonds is 3. The number of benzene rings is 1. The molecule has 1 aromatic carbocycles. The van der Waals surface area contributed by atoms with E-state index >= 15 is 0 Å². The first kappa shape index (κ1) is 11.9. The smallest absolute Gasteiger partial charge is 0.497 e. The molecular weight excluding hydrogens is 210 g/mol. The van der Waals surface area contributed by atoms with Crippen LogP contribution in [0.4, 0.5) is 4.79 Å². The van der Waals surface area contributed by atoms with Crippen LogP contribution in [-0.4, -0.2) is 20.4 Å². The van der Waals surface area contributed by atoms with Crippen LogP contribution in [0.1, 0.15) is 11.7 Å². The summed E-state index contributed by atoms with van der Waals surface area (Å²) in [5, 5.41) is 8.84. The topological polar surface area (TPSA) is 68.5 Å². The molecule has 1 rings (SSSR count). The van der Waals surface area contributed by atoms with Gasteiger partial charge in [-0.3, -0.25) is 0 Å². The van der Waals surface area contributed by atoms with Gasteiger partial charge in [-0.2, -0.15) is 5.26 Å². The lowest BCUT2D eigenvalue weighted by molar-refractivity contribution is 0.0543. The van der Waals surface area contributed by atoms with Gasteiger partial charge in [0.25, 0.3) is 0 Å². The lowest BCUT2D eigenvalue weighted by Crippen LogP contribution is -2.09. The molecule has 0 aliphatic carbocycles. The molecule has 0 aliphatic heterocycles. The molecule has 0 aliphatic rings. The summed E-state index contributed by atoms with van der Waals surface area (Å²) in [4.78, 5) is 10.9. The van der Waals surface area contributed by atoms with E-state index in [1.54, 1.807) is 31.4 Å². The largest absolute Gasteiger partial charge is 0.509 e. The third-order valence-electron chi connectivity index (χ3n) is 1.92. The number of ether oxygens (including phenoxy) is 3. The highest BCUT2D eigenvalue weighted by atomic mass is 16.7. The van der Waals surface area contributed by atoms with Gasteiger partial charge in [0, 0.05) is 5.56 Å². The Hall–Kier alpha value is -2.22. The molecule has 0 N–H and O–H groups in total. The van der Waals surface area contributed by atoms with E-state index in [9.17, 15) is 4.79 Å². The number of carbonyl (C=O) groups is 1. The van der Waals surface area contributed by atoms with E-state index in [1.807, 2.05) is 6.07 Å². The van der Waals surface area contributed by atoms with Crippen LogP contribution < -0.4 is 4.74 Å². The SMILES string of the molecule is COC(=O)O[C@@H](C#N)c1ccc(OC)cc1. The van der Waals surface area contributed by atoms with Gasteiger partial charge in [0.1, 0.15) is 11.8 Å². The maximum Gasteiger partial charge on any atom is 0.509 e. The molecule has 0 radical (unpaired) electrons. The first-order valence-electron chi connectivity index (χ1n) is 4.49. The Bertz CT molecular complexity index is 393. The number of nitriles is 1. The van der Waals surface area contributed by atoms with Crippen molar-refractivity contribution < 1.29 is 19.0 Å².